The van der Waals surface area contributed by atoms with E-state index in [-0.39, 0.29) is 11.5 Å². The Morgan fingerprint density at radius 2 is 2.07 bits per heavy atom. The Morgan fingerprint density at radius 1 is 1.43 bits per heavy atom. The molecule has 0 atom stereocenters. The highest BCUT2D eigenvalue weighted by Gasteiger charge is 2.49. The summed E-state index contributed by atoms with van der Waals surface area (Å²) >= 11 is 3.21. The summed E-state index contributed by atoms with van der Waals surface area (Å²) in [6.45, 7) is 0. The molecule has 76 valence electrons. The Balaban J connectivity index is 2.29. The van der Waals surface area contributed by atoms with E-state index in [0.717, 1.165) is 4.47 Å². The molecule has 6 heteroatoms. The van der Waals surface area contributed by atoms with Crippen LogP contribution in [0.1, 0.15) is 5.69 Å². The van der Waals surface area contributed by atoms with Crippen LogP contribution in [0.2, 0.25) is 0 Å². The molecule has 2 rings (SSSR count). The molecule has 0 aromatic carbocycles. The highest BCUT2D eigenvalue weighted by Crippen LogP contribution is 2.32. The summed E-state index contributed by atoms with van der Waals surface area (Å²) in [7, 11) is -3.05. The van der Waals surface area contributed by atoms with Gasteiger partial charge in [0.15, 0.2) is 9.84 Å². The van der Waals surface area contributed by atoms with E-state index in [1.54, 1.807) is 12.1 Å². The van der Waals surface area contributed by atoms with Gasteiger partial charge in [0.1, 0.15) is 5.60 Å². The summed E-state index contributed by atoms with van der Waals surface area (Å²) in [5.41, 5.74) is -0.866. The predicted molar refractivity (Wildman–Crippen MR) is 54.5 cm³/mol. The van der Waals surface area contributed by atoms with Crippen molar-refractivity contribution in [3.8, 4) is 0 Å². The van der Waals surface area contributed by atoms with Gasteiger partial charge in [0.25, 0.3) is 0 Å². The second-order valence-corrected chi connectivity index (χ2v) is 6.41. The number of nitrogens with zero attached hydrogens (tertiary/aromatic N) is 1. The SMILES string of the molecule is O=S1(=O)CC(O)(c2ccc(Br)cn2)C1. The molecule has 1 fully saturated rings. The number of hydrogen-bond donors (Lipinski definition) is 1. The smallest absolute Gasteiger partial charge is 0.156 e. The van der Waals surface area contributed by atoms with Crippen LogP contribution in [-0.2, 0) is 15.4 Å². The minimum atomic E-state index is -3.05. The molecule has 1 aliphatic heterocycles. The van der Waals surface area contributed by atoms with Crippen LogP contribution >= 0.6 is 15.9 Å². The molecule has 0 saturated carbocycles. The van der Waals surface area contributed by atoms with Crippen molar-refractivity contribution in [3.05, 3.63) is 28.5 Å². The van der Waals surface area contributed by atoms with Gasteiger partial charge in [-0.1, -0.05) is 0 Å². The summed E-state index contributed by atoms with van der Waals surface area (Å²) in [6.07, 6.45) is 1.54. The van der Waals surface area contributed by atoms with Crippen LogP contribution in [0.4, 0.5) is 0 Å². The number of pyridine rings is 1. The maximum Gasteiger partial charge on any atom is 0.156 e. The standard InChI is InChI=1S/C8H8BrNO3S/c9-6-1-2-7(10-3-6)8(11)4-14(12,13)5-8/h1-3,11H,4-5H2. The zero-order valence-electron chi connectivity index (χ0n) is 7.14. The summed E-state index contributed by atoms with van der Waals surface area (Å²) in [5.74, 6) is -0.455. The number of rotatable bonds is 1. The topological polar surface area (TPSA) is 67.3 Å². The lowest BCUT2D eigenvalue weighted by Crippen LogP contribution is -2.52. The fraction of sp³-hybridized carbons (Fsp3) is 0.375. The molecule has 0 spiro atoms. The van der Waals surface area contributed by atoms with Gasteiger partial charge in [0.2, 0.25) is 0 Å². The molecule has 1 aliphatic rings. The van der Waals surface area contributed by atoms with Crippen LogP contribution < -0.4 is 0 Å². The van der Waals surface area contributed by atoms with E-state index in [2.05, 4.69) is 20.9 Å². The summed E-state index contributed by atoms with van der Waals surface area (Å²) in [6, 6.07) is 3.35. The molecule has 1 aromatic rings. The van der Waals surface area contributed by atoms with Gasteiger partial charge in [-0.2, -0.15) is 0 Å². The second kappa shape index (κ2) is 3.01. The van der Waals surface area contributed by atoms with Gasteiger partial charge in [0, 0.05) is 10.7 Å². The Bertz CT molecular complexity index is 442. The highest BCUT2D eigenvalue weighted by molar-refractivity contribution is 9.10. The molecule has 14 heavy (non-hydrogen) atoms. The molecule has 0 radical (unpaired) electrons. The normalized spacial score (nSPS) is 22.7. The molecule has 0 aliphatic carbocycles. The Morgan fingerprint density at radius 3 is 2.50 bits per heavy atom. The first-order valence-corrected chi connectivity index (χ1v) is 6.58. The van der Waals surface area contributed by atoms with Crippen molar-refractivity contribution in [2.45, 2.75) is 5.60 Å². The molecule has 1 saturated heterocycles. The van der Waals surface area contributed by atoms with E-state index in [0.29, 0.717) is 5.69 Å². The molecule has 0 unspecified atom stereocenters. The van der Waals surface area contributed by atoms with Gasteiger partial charge >= 0.3 is 0 Å². The van der Waals surface area contributed by atoms with Crippen molar-refractivity contribution in [1.29, 1.82) is 0 Å². The van der Waals surface area contributed by atoms with Gasteiger partial charge in [0.05, 0.1) is 17.2 Å². The van der Waals surface area contributed by atoms with Crippen LogP contribution in [0.15, 0.2) is 22.8 Å². The summed E-state index contributed by atoms with van der Waals surface area (Å²) in [5, 5.41) is 9.85. The third-order valence-electron chi connectivity index (χ3n) is 2.12. The molecule has 1 aromatic heterocycles. The lowest BCUT2D eigenvalue weighted by molar-refractivity contribution is 0.0645. The lowest BCUT2D eigenvalue weighted by atomic mass is 10.0. The first-order chi connectivity index (χ1) is 6.41. The average molecular weight is 278 g/mol. The third-order valence-corrected chi connectivity index (χ3v) is 4.43. The molecule has 4 nitrogen and oxygen atoms in total. The molecule has 1 N–H and O–H groups in total. The fourth-order valence-corrected chi connectivity index (χ4v) is 3.39. The van der Waals surface area contributed by atoms with Gasteiger partial charge in [-0.05, 0) is 28.1 Å². The number of aliphatic hydroxyl groups is 1. The Hall–Kier alpha value is -0.460. The maximum atomic E-state index is 10.9. The highest BCUT2D eigenvalue weighted by atomic mass is 79.9. The first kappa shape index (κ1) is 10.1. The molecule has 2 heterocycles. The van der Waals surface area contributed by atoms with Gasteiger partial charge in [-0.3, -0.25) is 4.98 Å². The zero-order valence-corrected chi connectivity index (χ0v) is 9.55. The van der Waals surface area contributed by atoms with Crippen molar-refractivity contribution >= 4 is 25.8 Å². The summed E-state index contributed by atoms with van der Waals surface area (Å²) in [4.78, 5) is 3.98. The number of sulfone groups is 1. The largest absolute Gasteiger partial charge is 0.381 e. The van der Waals surface area contributed by atoms with Crippen molar-refractivity contribution in [2.24, 2.45) is 0 Å². The van der Waals surface area contributed by atoms with Crippen LogP contribution in [0.3, 0.4) is 0 Å². The second-order valence-electron chi connectivity index (χ2n) is 3.43. The van der Waals surface area contributed by atoms with Gasteiger partial charge < -0.3 is 5.11 Å². The predicted octanol–water partition coefficient (Wildman–Crippen LogP) is 0.460. The van der Waals surface area contributed by atoms with Crippen LogP contribution in [0, 0.1) is 0 Å². The number of hydrogen-bond acceptors (Lipinski definition) is 4. The molecular formula is C8H8BrNO3S. The third kappa shape index (κ3) is 1.69. The van der Waals surface area contributed by atoms with Crippen molar-refractivity contribution in [3.63, 3.8) is 0 Å². The molecular weight excluding hydrogens is 270 g/mol. The minimum Gasteiger partial charge on any atom is -0.381 e. The number of halogens is 1. The van der Waals surface area contributed by atoms with E-state index in [1.165, 1.54) is 6.20 Å². The average Bonchev–Trinajstić information content (AvgIpc) is 2.01. The van der Waals surface area contributed by atoms with Crippen molar-refractivity contribution < 1.29 is 13.5 Å². The molecule has 0 amide bonds. The Labute approximate surface area is 90.0 Å². The van der Waals surface area contributed by atoms with E-state index in [4.69, 9.17) is 0 Å². The molecule has 0 bridgehead atoms. The zero-order chi connectivity index (χ0) is 10.4. The monoisotopic (exact) mass is 277 g/mol. The van der Waals surface area contributed by atoms with E-state index in [1.807, 2.05) is 0 Å². The van der Waals surface area contributed by atoms with Gasteiger partial charge in [-0.25, -0.2) is 8.42 Å². The number of aromatic nitrogens is 1. The quantitative estimate of drug-likeness (QED) is 0.810. The summed E-state index contributed by atoms with van der Waals surface area (Å²) < 4.78 is 22.7. The van der Waals surface area contributed by atoms with Gasteiger partial charge in [-0.15, -0.1) is 0 Å². The fourth-order valence-electron chi connectivity index (χ4n) is 1.48. The van der Waals surface area contributed by atoms with E-state index in [9.17, 15) is 13.5 Å². The minimum absolute atomic E-state index is 0.228. The van der Waals surface area contributed by atoms with E-state index >= 15 is 0 Å². The Kier molecular flexibility index (Phi) is 2.17. The van der Waals surface area contributed by atoms with Crippen LogP contribution in [-0.4, -0.2) is 30.0 Å². The van der Waals surface area contributed by atoms with Crippen LogP contribution in [0.5, 0.6) is 0 Å². The van der Waals surface area contributed by atoms with E-state index < -0.39 is 15.4 Å². The van der Waals surface area contributed by atoms with Crippen molar-refractivity contribution in [1.82, 2.24) is 4.98 Å². The maximum absolute atomic E-state index is 10.9. The van der Waals surface area contributed by atoms with Crippen molar-refractivity contribution in [2.75, 3.05) is 11.5 Å². The first-order valence-electron chi connectivity index (χ1n) is 3.96. The lowest BCUT2D eigenvalue weighted by Gasteiger charge is -2.35. The van der Waals surface area contributed by atoms with Crippen LogP contribution in [0.25, 0.3) is 0 Å².